The zero-order valence-electron chi connectivity index (χ0n) is 13.8. The van der Waals surface area contributed by atoms with Gasteiger partial charge in [0.15, 0.2) is 5.09 Å². The van der Waals surface area contributed by atoms with Gasteiger partial charge in [-0.15, -0.1) is 0 Å². The molecule has 3 rings (SSSR count). The van der Waals surface area contributed by atoms with Gasteiger partial charge >= 0.3 is 0 Å². The smallest absolute Gasteiger partial charge is 0.179 e. The summed E-state index contributed by atoms with van der Waals surface area (Å²) in [7, 11) is 0. The highest BCUT2D eigenvalue weighted by atomic mass is 79.9. The van der Waals surface area contributed by atoms with Crippen molar-refractivity contribution in [3.05, 3.63) is 75.5 Å². The Morgan fingerprint density at radius 1 is 0.958 bits per heavy atom. The molecule has 2 aromatic carbocycles. The van der Waals surface area contributed by atoms with Gasteiger partial charge in [0.25, 0.3) is 0 Å². The van der Waals surface area contributed by atoms with Crippen LogP contribution in [0.4, 0.5) is 5.69 Å². The molecule has 24 heavy (non-hydrogen) atoms. The Hall–Kier alpha value is -1.78. The van der Waals surface area contributed by atoms with Crippen LogP contribution in [0.3, 0.4) is 0 Å². The average molecular weight is 400 g/mol. The zero-order valence-corrected chi connectivity index (χ0v) is 16.2. The molecular formula is C20H18BrNOS. The third-order valence-electron chi connectivity index (χ3n) is 3.74. The summed E-state index contributed by atoms with van der Waals surface area (Å²) in [4.78, 5) is 5.65. The summed E-state index contributed by atoms with van der Waals surface area (Å²) >= 11 is 5.15. The van der Waals surface area contributed by atoms with E-state index in [1.807, 2.05) is 12.1 Å². The fourth-order valence-electron chi connectivity index (χ4n) is 2.16. The van der Waals surface area contributed by atoms with Crippen LogP contribution < -0.4 is 0 Å². The summed E-state index contributed by atoms with van der Waals surface area (Å²) in [6, 6.07) is 16.5. The minimum Gasteiger partial charge on any atom is -0.447 e. The summed E-state index contributed by atoms with van der Waals surface area (Å²) in [5.74, 6) is 0.731. The predicted molar refractivity (Wildman–Crippen MR) is 105 cm³/mol. The summed E-state index contributed by atoms with van der Waals surface area (Å²) in [5, 5.41) is 0.834. The van der Waals surface area contributed by atoms with E-state index in [-0.39, 0.29) is 0 Å². The molecule has 0 saturated carbocycles. The minimum atomic E-state index is 0.731. The van der Waals surface area contributed by atoms with Crippen molar-refractivity contribution >= 4 is 39.6 Å². The van der Waals surface area contributed by atoms with E-state index in [1.54, 1.807) is 18.0 Å². The second kappa shape index (κ2) is 7.41. The Labute approximate surface area is 155 Å². The van der Waals surface area contributed by atoms with Gasteiger partial charge in [0.2, 0.25) is 0 Å². The first-order chi connectivity index (χ1) is 11.5. The van der Waals surface area contributed by atoms with Gasteiger partial charge in [0.05, 0.1) is 16.4 Å². The molecule has 1 aromatic heterocycles. The molecule has 0 amide bonds. The lowest BCUT2D eigenvalue weighted by Gasteiger charge is -2.00. The molecule has 0 aliphatic heterocycles. The maximum absolute atomic E-state index is 5.89. The molecule has 0 N–H and O–H groups in total. The number of aliphatic imine (C=N–C) groups is 1. The molecule has 0 radical (unpaired) electrons. The molecule has 3 aromatic rings. The first kappa shape index (κ1) is 17.1. The number of aryl methyl sites for hydroxylation is 3. The van der Waals surface area contributed by atoms with E-state index in [9.17, 15) is 0 Å². The summed E-state index contributed by atoms with van der Waals surface area (Å²) in [6.07, 6.45) is 1.76. The topological polar surface area (TPSA) is 25.5 Å². The van der Waals surface area contributed by atoms with E-state index in [2.05, 4.69) is 78.1 Å². The normalized spacial score (nSPS) is 11.3. The third kappa shape index (κ3) is 4.19. The maximum atomic E-state index is 5.89. The van der Waals surface area contributed by atoms with Crippen LogP contribution in [0.1, 0.15) is 22.5 Å². The highest BCUT2D eigenvalue weighted by molar-refractivity contribution is 9.10. The van der Waals surface area contributed by atoms with E-state index in [1.165, 1.54) is 16.7 Å². The maximum Gasteiger partial charge on any atom is 0.179 e. The summed E-state index contributed by atoms with van der Waals surface area (Å²) < 4.78 is 6.83. The van der Waals surface area contributed by atoms with Crippen LogP contribution in [0.2, 0.25) is 0 Å². The molecule has 122 valence electrons. The van der Waals surface area contributed by atoms with E-state index in [0.717, 1.165) is 25.9 Å². The van der Waals surface area contributed by atoms with Crippen molar-refractivity contribution in [2.75, 3.05) is 0 Å². The van der Waals surface area contributed by atoms with Crippen molar-refractivity contribution < 1.29 is 4.42 Å². The van der Waals surface area contributed by atoms with Crippen LogP contribution in [0, 0.1) is 20.8 Å². The van der Waals surface area contributed by atoms with Gasteiger partial charge in [-0.2, -0.15) is 0 Å². The van der Waals surface area contributed by atoms with E-state index in [0.29, 0.717) is 0 Å². The molecule has 0 unspecified atom stereocenters. The van der Waals surface area contributed by atoms with E-state index >= 15 is 0 Å². The van der Waals surface area contributed by atoms with Crippen LogP contribution in [0.5, 0.6) is 0 Å². The lowest BCUT2D eigenvalue weighted by molar-refractivity contribution is 0.466. The molecule has 0 fully saturated rings. The van der Waals surface area contributed by atoms with Gasteiger partial charge in [-0.25, -0.2) is 0 Å². The number of hydrogen-bond acceptors (Lipinski definition) is 3. The molecule has 1 heterocycles. The monoisotopic (exact) mass is 399 g/mol. The average Bonchev–Trinajstić information content (AvgIpc) is 2.91. The van der Waals surface area contributed by atoms with Crippen LogP contribution in [-0.2, 0) is 0 Å². The lowest BCUT2D eigenvalue weighted by Crippen LogP contribution is -1.79. The number of rotatable bonds is 4. The number of hydrogen-bond donors (Lipinski definition) is 0. The second-order valence-corrected chi connectivity index (χ2v) is 7.63. The Bertz CT molecular complexity index is 881. The molecule has 0 bridgehead atoms. The summed E-state index contributed by atoms with van der Waals surface area (Å²) in [6.45, 7) is 6.27. The predicted octanol–water partition coefficient (Wildman–Crippen LogP) is 6.87. The lowest BCUT2D eigenvalue weighted by atomic mass is 10.1. The Morgan fingerprint density at radius 2 is 1.71 bits per heavy atom. The highest BCUT2D eigenvalue weighted by Crippen LogP contribution is 2.35. The number of halogens is 1. The van der Waals surface area contributed by atoms with E-state index < -0.39 is 0 Å². The van der Waals surface area contributed by atoms with Gasteiger partial charge < -0.3 is 4.42 Å². The van der Waals surface area contributed by atoms with Crippen LogP contribution in [0.25, 0.3) is 0 Å². The molecular weight excluding hydrogens is 382 g/mol. The van der Waals surface area contributed by atoms with Crippen molar-refractivity contribution in [1.29, 1.82) is 0 Å². The van der Waals surface area contributed by atoms with Crippen molar-refractivity contribution in [2.45, 2.75) is 30.8 Å². The molecule has 0 aliphatic rings. The van der Waals surface area contributed by atoms with Crippen LogP contribution in [0.15, 0.2) is 72.4 Å². The van der Waals surface area contributed by atoms with E-state index in [4.69, 9.17) is 4.42 Å². The molecule has 2 nitrogen and oxygen atoms in total. The number of benzene rings is 2. The highest BCUT2D eigenvalue weighted by Gasteiger charge is 2.09. The van der Waals surface area contributed by atoms with Crippen molar-refractivity contribution in [3.63, 3.8) is 0 Å². The van der Waals surface area contributed by atoms with Crippen molar-refractivity contribution in [1.82, 2.24) is 0 Å². The Kier molecular flexibility index (Phi) is 5.27. The quantitative estimate of drug-likeness (QED) is 0.447. The second-order valence-electron chi connectivity index (χ2n) is 5.73. The fourth-order valence-corrected chi connectivity index (χ4v) is 3.49. The Balaban J connectivity index is 1.76. The van der Waals surface area contributed by atoms with Gasteiger partial charge in [0.1, 0.15) is 5.76 Å². The van der Waals surface area contributed by atoms with Gasteiger partial charge in [-0.3, -0.25) is 4.99 Å². The van der Waals surface area contributed by atoms with Gasteiger partial charge in [-0.05, 0) is 72.1 Å². The van der Waals surface area contributed by atoms with Crippen molar-refractivity contribution in [3.8, 4) is 0 Å². The third-order valence-corrected chi connectivity index (χ3v) is 5.59. The zero-order chi connectivity index (χ0) is 17.1. The van der Waals surface area contributed by atoms with Crippen LogP contribution >= 0.6 is 27.7 Å². The molecule has 0 atom stereocenters. The molecule has 0 saturated heterocycles. The Morgan fingerprint density at radius 3 is 2.42 bits per heavy atom. The fraction of sp³-hybridized carbons (Fsp3) is 0.150. The standard InChI is InChI=1S/C20H18BrNOS/c1-13-4-8-18(9-5-13)24-20-19(21)11-17(23-20)12-22-16-7-6-14(2)15(3)10-16/h4-12H,1-3H3. The van der Waals surface area contributed by atoms with Crippen molar-refractivity contribution in [2.24, 2.45) is 4.99 Å². The van der Waals surface area contributed by atoms with Crippen LogP contribution in [-0.4, -0.2) is 6.21 Å². The number of furan rings is 1. The first-order valence-corrected chi connectivity index (χ1v) is 9.27. The number of nitrogens with zero attached hydrogens (tertiary/aromatic N) is 1. The molecule has 0 spiro atoms. The molecule has 4 heteroatoms. The van der Waals surface area contributed by atoms with Gasteiger partial charge in [0, 0.05) is 11.0 Å². The van der Waals surface area contributed by atoms with Gasteiger partial charge in [-0.1, -0.05) is 35.5 Å². The first-order valence-electron chi connectivity index (χ1n) is 7.66. The minimum absolute atomic E-state index is 0.731. The largest absolute Gasteiger partial charge is 0.447 e. The SMILES string of the molecule is Cc1ccc(Sc2oc(C=Nc3ccc(C)c(C)c3)cc2Br)cc1. The summed E-state index contributed by atoms with van der Waals surface area (Å²) in [5.41, 5.74) is 4.69. The molecule has 0 aliphatic carbocycles.